The van der Waals surface area contributed by atoms with Crippen molar-refractivity contribution in [3.05, 3.63) is 0 Å². The summed E-state index contributed by atoms with van der Waals surface area (Å²) in [5.74, 6) is 1.45. The highest BCUT2D eigenvalue weighted by molar-refractivity contribution is 7.87. The third-order valence-electron chi connectivity index (χ3n) is 4.10. The Balaban J connectivity index is 1.85. The molecule has 112 valence electrons. The average molecular weight is 311 g/mol. The third kappa shape index (κ3) is 4.29. The van der Waals surface area contributed by atoms with E-state index in [1.807, 2.05) is 0 Å². The Labute approximate surface area is 120 Å². The van der Waals surface area contributed by atoms with E-state index in [9.17, 15) is 8.42 Å². The smallest absolute Gasteiger partial charge is 0.279 e. The van der Waals surface area contributed by atoms with Gasteiger partial charge in [-0.1, -0.05) is 12.8 Å². The molecule has 2 rings (SSSR count). The van der Waals surface area contributed by atoms with Gasteiger partial charge in [0.25, 0.3) is 10.2 Å². The van der Waals surface area contributed by atoms with Crippen molar-refractivity contribution in [1.82, 2.24) is 9.03 Å². The maximum Gasteiger partial charge on any atom is 0.279 e. The summed E-state index contributed by atoms with van der Waals surface area (Å²) in [7, 11) is -3.35. The number of nitrogens with zero attached hydrogens (tertiary/aromatic N) is 1. The summed E-state index contributed by atoms with van der Waals surface area (Å²) in [5.41, 5.74) is 0. The summed E-state index contributed by atoms with van der Waals surface area (Å²) in [5, 5.41) is 0. The summed E-state index contributed by atoms with van der Waals surface area (Å²) < 4.78 is 33.7. The number of morpholine rings is 1. The summed E-state index contributed by atoms with van der Waals surface area (Å²) in [6.45, 7) is 2.36. The zero-order valence-corrected chi connectivity index (χ0v) is 12.8. The van der Waals surface area contributed by atoms with E-state index in [2.05, 4.69) is 4.72 Å². The molecule has 2 unspecified atom stereocenters. The lowest BCUT2D eigenvalue weighted by Gasteiger charge is -2.32. The molecule has 1 heterocycles. The molecular formula is C12H23ClN2O3S. The van der Waals surface area contributed by atoms with E-state index < -0.39 is 10.2 Å². The van der Waals surface area contributed by atoms with Crippen molar-refractivity contribution < 1.29 is 13.2 Å². The Bertz CT molecular complexity index is 371. The zero-order chi connectivity index (χ0) is 13.7. The number of nitrogens with one attached hydrogen (secondary N) is 1. The number of halogens is 1. The van der Waals surface area contributed by atoms with Gasteiger partial charge in [0, 0.05) is 25.5 Å². The molecule has 0 bridgehead atoms. The highest BCUT2D eigenvalue weighted by Gasteiger charge is 2.28. The van der Waals surface area contributed by atoms with Gasteiger partial charge in [-0.05, 0) is 24.7 Å². The fraction of sp³-hybridized carbons (Fsp3) is 1.00. The van der Waals surface area contributed by atoms with Gasteiger partial charge in [0.2, 0.25) is 0 Å². The molecule has 19 heavy (non-hydrogen) atoms. The second kappa shape index (κ2) is 7.22. The van der Waals surface area contributed by atoms with Crippen LogP contribution in [0.2, 0.25) is 0 Å². The fourth-order valence-corrected chi connectivity index (χ4v) is 4.49. The number of rotatable bonds is 5. The van der Waals surface area contributed by atoms with E-state index in [1.165, 1.54) is 17.1 Å². The van der Waals surface area contributed by atoms with Crippen molar-refractivity contribution in [2.75, 3.05) is 38.7 Å². The fourth-order valence-electron chi connectivity index (χ4n) is 2.85. The Morgan fingerprint density at radius 3 is 2.42 bits per heavy atom. The highest BCUT2D eigenvalue weighted by atomic mass is 35.5. The average Bonchev–Trinajstić information content (AvgIpc) is 2.46. The number of alkyl halides is 1. The molecule has 0 spiro atoms. The summed E-state index contributed by atoms with van der Waals surface area (Å²) in [4.78, 5) is 0. The van der Waals surface area contributed by atoms with E-state index in [1.54, 1.807) is 0 Å². The standard InChI is InChI=1S/C12H23ClN2O3S/c13-9-11-3-1-2-4-12(11)10-14-19(16,17)15-5-7-18-8-6-15/h11-12,14H,1-10H2. The second-order valence-electron chi connectivity index (χ2n) is 5.32. The zero-order valence-electron chi connectivity index (χ0n) is 11.2. The maximum absolute atomic E-state index is 12.1. The van der Waals surface area contributed by atoms with Gasteiger partial charge in [-0.3, -0.25) is 0 Å². The first-order valence-electron chi connectivity index (χ1n) is 7.02. The minimum atomic E-state index is -3.35. The predicted octanol–water partition coefficient (Wildman–Crippen LogP) is 1.20. The second-order valence-corrected chi connectivity index (χ2v) is 7.39. The SMILES string of the molecule is O=S(=O)(NCC1CCCCC1CCl)N1CCOCC1. The molecular weight excluding hydrogens is 288 g/mol. The first-order chi connectivity index (χ1) is 9.13. The van der Waals surface area contributed by atoms with Gasteiger partial charge in [-0.25, -0.2) is 4.72 Å². The van der Waals surface area contributed by atoms with Crippen LogP contribution in [0.4, 0.5) is 0 Å². The van der Waals surface area contributed by atoms with E-state index in [-0.39, 0.29) is 0 Å². The van der Waals surface area contributed by atoms with Crippen LogP contribution in [0.5, 0.6) is 0 Å². The van der Waals surface area contributed by atoms with Gasteiger partial charge >= 0.3 is 0 Å². The first-order valence-corrected chi connectivity index (χ1v) is 8.99. The highest BCUT2D eigenvalue weighted by Crippen LogP contribution is 2.30. The molecule has 2 fully saturated rings. The van der Waals surface area contributed by atoms with Crippen LogP contribution < -0.4 is 4.72 Å². The van der Waals surface area contributed by atoms with Crippen molar-refractivity contribution in [2.24, 2.45) is 11.8 Å². The van der Waals surface area contributed by atoms with Crippen molar-refractivity contribution in [2.45, 2.75) is 25.7 Å². The lowest BCUT2D eigenvalue weighted by atomic mass is 9.80. The van der Waals surface area contributed by atoms with Gasteiger partial charge in [-0.15, -0.1) is 11.6 Å². The minimum absolute atomic E-state index is 0.377. The predicted molar refractivity (Wildman–Crippen MR) is 75.5 cm³/mol. The van der Waals surface area contributed by atoms with E-state index in [0.29, 0.717) is 50.6 Å². The van der Waals surface area contributed by atoms with Crippen LogP contribution in [0.15, 0.2) is 0 Å². The van der Waals surface area contributed by atoms with Crippen LogP contribution in [0.1, 0.15) is 25.7 Å². The van der Waals surface area contributed by atoms with Gasteiger partial charge in [0.15, 0.2) is 0 Å². The van der Waals surface area contributed by atoms with Crippen LogP contribution in [-0.4, -0.2) is 51.5 Å². The summed E-state index contributed by atoms with van der Waals surface area (Å²) >= 11 is 5.97. The summed E-state index contributed by atoms with van der Waals surface area (Å²) in [6.07, 6.45) is 4.58. The molecule has 0 aromatic rings. The van der Waals surface area contributed by atoms with Crippen LogP contribution in [0.3, 0.4) is 0 Å². The van der Waals surface area contributed by atoms with Crippen LogP contribution in [0.25, 0.3) is 0 Å². The van der Waals surface area contributed by atoms with Crippen molar-refractivity contribution >= 4 is 21.8 Å². The van der Waals surface area contributed by atoms with Gasteiger partial charge in [0.05, 0.1) is 13.2 Å². The van der Waals surface area contributed by atoms with E-state index >= 15 is 0 Å². The number of ether oxygens (including phenoxy) is 1. The van der Waals surface area contributed by atoms with Crippen molar-refractivity contribution in [3.8, 4) is 0 Å². The molecule has 1 N–H and O–H groups in total. The quantitative estimate of drug-likeness (QED) is 0.776. The van der Waals surface area contributed by atoms with Crippen LogP contribution in [-0.2, 0) is 14.9 Å². The van der Waals surface area contributed by atoms with E-state index in [0.717, 1.165) is 12.8 Å². The Morgan fingerprint density at radius 2 is 1.79 bits per heavy atom. The molecule has 1 aliphatic heterocycles. The monoisotopic (exact) mass is 310 g/mol. The molecule has 0 aromatic carbocycles. The Hall–Kier alpha value is 0.120. The van der Waals surface area contributed by atoms with Crippen LogP contribution in [0, 0.1) is 11.8 Å². The molecule has 0 amide bonds. The molecule has 2 aliphatic rings. The van der Waals surface area contributed by atoms with Crippen molar-refractivity contribution in [3.63, 3.8) is 0 Å². The third-order valence-corrected chi connectivity index (χ3v) is 6.08. The first kappa shape index (κ1) is 15.5. The maximum atomic E-state index is 12.1. The van der Waals surface area contributed by atoms with Gasteiger partial charge in [-0.2, -0.15) is 12.7 Å². The minimum Gasteiger partial charge on any atom is -0.379 e. The van der Waals surface area contributed by atoms with E-state index in [4.69, 9.17) is 16.3 Å². The summed E-state index contributed by atoms with van der Waals surface area (Å²) in [6, 6.07) is 0. The van der Waals surface area contributed by atoms with Crippen LogP contribution >= 0.6 is 11.6 Å². The normalized spacial score (nSPS) is 30.4. The largest absolute Gasteiger partial charge is 0.379 e. The molecule has 0 aromatic heterocycles. The molecule has 7 heteroatoms. The van der Waals surface area contributed by atoms with Crippen molar-refractivity contribution in [1.29, 1.82) is 0 Å². The lowest BCUT2D eigenvalue weighted by Crippen LogP contribution is -2.48. The molecule has 0 radical (unpaired) electrons. The Morgan fingerprint density at radius 1 is 1.16 bits per heavy atom. The topological polar surface area (TPSA) is 58.6 Å². The van der Waals surface area contributed by atoms with Gasteiger partial charge < -0.3 is 4.74 Å². The molecule has 1 saturated carbocycles. The Kier molecular flexibility index (Phi) is 5.89. The number of hydrogen-bond donors (Lipinski definition) is 1. The number of hydrogen-bond acceptors (Lipinski definition) is 3. The molecule has 1 saturated heterocycles. The molecule has 5 nitrogen and oxygen atoms in total. The molecule has 2 atom stereocenters. The van der Waals surface area contributed by atoms with Gasteiger partial charge in [0.1, 0.15) is 0 Å². The molecule has 1 aliphatic carbocycles. The lowest BCUT2D eigenvalue weighted by molar-refractivity contribution is 0.0723.